The van der Waals surface area contributed by atoms with Crippen LogP contribution in [0.1, 0.15) is 42.5 Å². The lowest BCUT2D eigenvalue weighted by molar-refractivity contribution is -0.128. The topological polar surface area (TPSA) is 49.4 Å². The number of allylic oxidation sites excluding steroid dienone is 1. The highest BCUT2D eigenvalue weighted by Crippen LogP contribution is 2.23. The SMILES string of the molecule is O=C(NC[C@@H]1CCCN(C(=O)C2=CCCC2)C1)c1ccccc1Cl. The minimum atomic E-state index is -0.150. The van der Waals surface area contributed by atoms with Gasteiger partial charge in [-0.1, -0.05) is 29.8 Å². The van der Waals surface area contributed by atoms with Crippen LogP contribution >= 0.6 is 11.6 Å². The molecule has 0 spiro atoms. The summed E-state index contributed by atoms with van der Waals surface area (Å²) in [6, 6.07) is 7.05. The summed E-state index contributed by atoms with van der Waals surface area (Å²) in [6.45, 7) is 2.12. The molecule has 2 aliphatic rings. The molecule has 1 atom stereocenters. The second-order valence-corrected chi connectivity index (χ2v) is 6.98. The van der Waals surface area contributed by atoms with Crippen molar-refractivity contribution < 1.29 is 9.59 Å². The van der Waals surface area contributed by atoms with Crippen molar-refractivity contribution in [3.05, 3.63) is 46.5 Å². The van der Waals surface area contributed by atoms with E-state index < -0.39 is 0 Å². The van der Waals surface area contributed by atoms with Crippen LogP contribution < -0.4 is 5.32 Å². The van der Waals surface area contributed by atoms with Crippen LogP contribution in [-0.4, -0.2) is 36.3 Å². The van der Waals surface area contributed by atoms with Crippen molar-refractivity contribution in [2.45, 2.75) is 32.1 Å². The highest BCUT2D eigenvalue weighted by molar-refractivity contribution is 6.33. The maximum atomic E-state index is 12.5. The molecule has 1 saturated heterocycles. The number of nitrogens with one attached hydrogen (secondary N) is 1. The zero-order chi connectivity index (χ0) is 16.9. The molecule has 1 fully saturated rings. The Morgan fingerprint density at radius 2 is 2.08 bits per heavy atom. The van der Waals surface area contributed by atoms with Gasteiger partial charge in [-0.05, 0) is 50.2 Å². The van der Waals surface area contributed by atoms with Crippen molar-refractivity contribution in [2.24, 2.45) is 5.92 Å². The van der Waals surface area contributed by atoms with Crippen molar-refractivity contribution in [1.82, 2.24) is 10.2 Å². The number of rotatable bonds is 4. The highest BCUT2D eigenvalue weighted by atomic mass is 35.5. The minimum Gasteiger partial charge on any atom is -0.352 e. The van der Waals surface area contributed by atoms with Gasteiger partial charge in [0.05, 0.1) is 10.6 Å². The fourth-order valence-corrected chi connectivity index (χ4v) is 3.68. The Hall–Kier alpha value is -1.81. The number of carbonyl (C=O) groups is 2. The Morgan fingerprint density at radius 3 is 2.83 bits per heavy atom. The molecule has 24 heavy (non-hydrogen) atoms. The van der Waals surface area contributed by atoms with Gasteiger partial charge in [0.15, 0.2) is 0 Å². The van der Waals surface area contributed by atoms with Crippen LogP contribution in [0.4, 0.5) is 0 Å². The van der Waals surface area contributed by atoms with Gasteiger partial charge in [0, 0.05) is 25.2 Å². The van der Waals surface area contributed by atoms with E-state index in [1.165, 1.54) is 0 Å². The number of amides is 2. The van der Waals surface area contributed by atoms with E-state index in [0.717, 1.165) is 50.8 Å². The van der Waals surface area contributed by atoms with E-state index in [0.29, 0.717) is 23.0 Å². The Kier molecular flexibility index (Phi) is 5.56. The Bertz CT molecular complexity index is 657. The molecule has 1 aliphatic heterocycles. The molecule has 1 aromatic carbocycles. The fourth-order valence-electron chi connectivity index (χ4n) is 3.46. The lowest BCUT2D eigenvalue weighted by Gasteiger charge is -2.33. The molecule has 5 heteroatoms. The number of nitrogens with zero attached hydrogens (tertiary/aromatic N) is 1. The molecular formula is C19H23ClN2O2. The largest absolute Gasteiger partial charge is 0.352 e. The summed E-state index contributed by atoms with van der Waals surface area (Å²) in [5, 5.41) is 3.42. The molecule has 0 radical (unpaired) electrons. The maximum absolute atomic E-state index is 12.5. The monoisotopic (exact) mass is 346 g/mol. The van der Waals surface area contributed by atoms with Crippen molar-refractivity contribution in [3.8, 4) is 0 Å². The van der Waals surface area contributed by atoms with Crippen LogP contribution in [0.3, 0.4) is 0 Å². The third-order valence-corrected chi connectivity index (χ3v) is 5.12. The van der Waals surface area contributed by atoms with Gasteiger partial charge in [0.2, 0.25) is 5.91 Å². The van der Waals surface area contributed by atoms with Crippen LogP contribution in [0.5, 0.6) is 0 Å². The highest BCUT2D eigenvalue weighted by Gasteiger charge is 2.26. The third kappa shape index (κ3) is 3.99. The predicted octanol–water partition coefficient (Wildman–Crippen LogP) is 3.42. The molecule has 2 amide bonds. The summed E-state index contributed by atoms with van der Waals surface area (Å²) in [7, 11) is 0. The summed E-state index contributed by atoms with van der Waals surface area (Å²) in [5.41, 5.74) is 1.47. The Labute approximate surface area is 147 Å². The van der Waals surface area contributed by atoms with Gasteiger partial charge in [-0.25, -0.2) is 0 Å². The average molecular weight is 347 g/mol. The third-order valence-electron chi connectivity index (χ3n) is 4.79. The Morgan fingerprint density at radius 1 is 1.25 bits per heavy atom. The zero-order valence-electron chi connectivity index (χ0n) is 13.8. The maximum Gasteiger partial charge on any atom is 0.252 e. The van der Waals surface area contributed by atoms with Crippen molar-refractivity contribution in [3.63, 3.8) is 0 Å². The van der Waals surface area contributed by atoms with Gasteiger partial charge in [0.25, 0.3) is 5.91 Å². The standard InChI is InChI=1S/C19H23ClN2O2/c20-17-10-4-3-9-16(17)18(23)21-12-14-6-5-11-22(13-14)19(24)15-7-1-2-8-15/h3-4,7,9-10,14H,1-2,5-6,8,11-13H2,(H,21,23)/t14-/m0/s1. The van der Waals surface area contributed by atoms with Crippen LogP contribution in [-0.2, 0) is 4.79 Å². The van der Waals surface area contributed by atoms with Gasteiger partial charge in [-0.3, -0.25) is 9.59 Å². The number of hydrogen-bond acceptors (Lipinski definition) is 2. The minimum absolute atomic E-state index is 0.150. The quantitative estimate of drug-likeness (QED) is 0.908. The molecule has 1 aliphatic carbocycles. The smallest absolute Gasteiger partial charge is 0.252 e. The summed E-state index contributed by atoms with van der Waals surface area (Å²) in [5.74, 6) is 0.341. The Balaban J connectivity index is 1.53. The van der Waals surface area contributed by atoms with Gasteiger partial charge in [-0.2, -0.15) is 0 Å². The van der Waals surface area contributed by atoms with Crippen LogP contribution in [0.25, 0.3) is 0 Å². The van der Waals surface area contributed by atoms with E-state index in [2.05, 4.69) is 11.4 Å². The normalized spacial score (nSPS) is 20.6. The van der Waals surface area contributed by atoms with E-state index in [1.807, 2.05) is 4.90 Å². The molecular weight excluding hydrogens is 324 g/mol. The lowest BCUT2D eigenvalue weighted by Crippen LogP contribution is -2.44. The second kappa shape index (κ2) is 7.84. The molecule has 0 bridgehead atoms. The van der Waals surface area contributed by atoms with Gasteiger partial charge in [-0.15, -0.1) is 0 Å². The first-order valence-corrected chi connectivity index (χ1v) is 9.04. The number of halogens is 1. The van der Waals surface area contributed by atoms with E-state index in [-0.39, 0.29) is 11.8 Å². The first kappa shape index (κ1) is 17.0. The zero-order valence-corrected chi connectivity index (χ0v) is 14.5. The molecule has 1 heterocycles. The van der Waals surface area contributed by atoms with Gasteiger partial charge < -0.3 is 10.2 Å². The summed E-state index contributed by atoms with van der Waals surface area (Å²) >= 11 is 6.06. The number of likely N-dealkylation sites (tertiary alicyclic amines) is 1. The molecule has 1 aromatic rings. The molecule has 3 rings (SSSR count). The van der Waals surface area contributed by atoms with Crippen LogP contribution in [0.2, 0.25) is 5.02 Å². The van der Waals surface area contributed by atoms with Crippen molar-refractivity contribution in [1.29, 1.82) is 0 Å². The summed E-state index contributed by atoms with van der Waals surface area (Å²) < 4.78 is 0. The van der Waals surface area contributed by atoms with Crippen LogP contribution in [0.15, 0.2) is 35.9 Å². The predicted molar refractivity (Wildman–Crippen MR) is 95.0 cm³/mol. The van der Waals surface area contributed by atoms with Gasteiger partial charge >= 0.3 is 0 Å². The van der Waals surface area contributed by atoms with Crippen molar-refractivity contribution in [2.75, 3.05) is 19.6 Å². The molecule has 1 N–H and O–H groups in total. The number of benzene rings is 1. The average Bonchev–Trinajstić information content (AvgIpc) is 3.14. The molecule has 0 saturated carbocycles. The molecule has 128 valence electrons. The van der Waals surface area contributed by atoms with E-state index in [1.54, 1.807) is 24.3 Å². The number of piperidine rings is 1. The summed E-state index contributed by atoms with van der Waals surface area (Å²) in [6.07, 6.45) is 7.12. The van der Waals surface area contributed by atoms with E-state index >= 15 is 0 Å². The molecule has 0 aromatic heterocycles. The fraction of sp³-hybridized carbons (Fsp3) is 0.474. The first-order chi connectivity index (χ1) is 11.6. The van der Waals surface area contributed by atoms with Crippen molar-refractivity contribution >= 4 is 23.4 Å². The van der Waals surface area contributed by atoms with E-state index in [9.17, 15) is 9.59 Å². The van der Waals surface area contributed by atoms with Gasteiger partial charge in [0.1, 0.15) is 0 Å². The van der Waals surface area contributed by atoms with Crippen LogP contribution in [0, 0.1) is 5.92 Å². The summed E-state index contributed by atoms with van der Waals surface area (Å²) in [4.78, 5) is 26.7. The molecule has 4 nitrogen and oxygen atoms in total. The number of hydrogen-bond donors (Lipinski definition) is 1. The molecule has 0 unspecified atom stereocenters. The number of carbonyl (C=O) groups excluding carboxylic acids is 2. The lowest BCUT2D eigenvalue weighted by atomic mass is 9.97. The second-order valence-electron chi connectivity index (χ2n) is 6.57. The first-order valence-electron chi connectivity index (χ1n) is 8.66. The van der Waals surface area contributed by atoms with E-state index in [4.69, 9.17) is 11.6 Å².